The lowest BCUT2D eigenvalue weighted by molar-refractivity contribution is -0.0953. The second-order valence-corrected chi connectivity index (χ2v) is 3.92. The average molecular weight is 183 g/mol. The molecule has 0 aromatic rings. The minimum absolute atomic E-state index is 0.356. The fourth-order valence-electron chi connectivity index (χ4n) is 1.80. The van der Waals surface area contributed by atoms with Crippen molar-refractivity contribution in [1.29, 1.82) is 0 Å². The van der Waals surface area contributed by atoms with Gasteiger partial charge in [0.25, 0.3) is 0 Å². The van der Waals surface area contributed by atoms with E-state index in [9.17, 15) is 0 Å². The first kappa shape index (κ1) is 10.7. The molecule has 1 aliphatic heterocycles. The van der Waals surface area contributed by atoms with Crippen molar-refractivity contribution >= 4 is 0 Å². The van der Waals surface area contributed by atoms with E-state index in [1.54, 1.807) is 0 Å². The molecule has 0 saturated carbocycles. The highest BCUT2D eigenvalue weighted by molar-refractivity contribution is 4.88. The highest BCUT2D eigenvalue weighted by atomic mass is 16.5. The molecule has 0 bridgehead atoms. The molecule has 2 nitrogen and oxygen atoms in total. The van der Waals surface area contributed by atoms with Gasteiger partial charge < -0.3 is 4.74 Å². The van der Waals surface area contributed by atoms with E-state index >= 15 is 0 Å². The maximum atomic E-state index is 5.74. The highest BCUT2D eigenvalue weighted by Gasteiger charge is 2.28. The summed E-state index contributed by atoms with van der Waals surface area (Å²) in [6.07, 6.45) is 5.05. The minimum Gasteiger partial charge on any atom is -0.373 e. The molecule has 3 atom stereocenters. The molecule has 2 heteroatoms. The Balaban J connectivity index is 2.50. The normalized spacial score (nSPS) is 37.1. The molecule has 1 saturated heterocycles. The van der Waals surface area contributed by atoms with Gasteiger partial charge in [-0.3, -0.25) is 4.90 Å². The standard InChI is InChI=1S/C11H21NO/c1-5-6-7-12-8-9(2)13-11(4)10(12)3/h5-6,9-11H,7-8H2,1-4H3/b6-5+. The molecule has 0 radical (unpaired) electrons. The Morgan fingerprint density at radius 2 is 2.08 bits per heavy atom. The number of rotatable bonds is 2. The summed E-state index contributed by atoms with van der Waals surface area (Å²) in [5.41, 5.74) is 0. The van der Waals surface area contributed by atoms with Crippen LogP contribution < -0.4 is 0 Å². The van der Waals surface area contributed by atoms with E-state index in [2.05, 4.69) is 44.7 Å². The fourth-order valence-corrected chi connectivity index (χ4v) is 1.80. The first-order valence-electron chi connectivity index (χ1n) is 5.15. The summed E-state index contributed by atoms with van der Waals surface area (Å²) in [5.74, 6) is 0. The quantitative estimate of drug-likeness (QED) is 0.608. The lowest BCUT2D eigenvalue weighted by Gasteiger charge is -2.40. The Labute approximate surface area is 81.6 Å². The van der Waals surface area contributed by atoms with Crippen LogP contribution in [0.25, 0.3) is 0 Å². The predicted octanol–water partition coefficient (Wildman–Crippen LogP) is 2.06. The topological polar surface area (TPSA) is 12.5 Å². The number of allylic oxidation sites excluding steroid dienone is 1. The Morgan fingerprint density at radius 1 is 1.38 bits per heavy atom. The molecular weight excluding hydrogens is 162 g/mol. The molecule has 1 heterocycles. The van der Waals surface area contributed by atoms with Gasteiger partial charge in [0.05, 0.1) is 12.2 Å². The van der Waals surface area contributed by atoms with Crippen LogP contribution in [-0.4, -0.2) is 36.2 Å². The first-order valence-corrected chi connectivity index (χ1v) is 5.15. The molecule has 1 fully saturated rings. The summed E-state index contributed by atoms with van der Waals surface area (Å²) < 4.78 is 5.74. The van der Waals surface area contributed by atoms with Gasteiger partial charge in [-0.1, -0.05) is 12.2 Å². The molecule has 0 amide bonds. The van der Waals surface area contributed by atoms with Gasteiger partial charge in [-0.2, -0.15) is 0 Å². The van der Waals surface area contributed by atoms with Crippen LogP contribution >= 0.6 is 0 Å². The number of hydrogen-bond acceptors (Lipinski definition) is 2. The Hall–Kier alpha value is -0.340. The van der Waals surface area contributed by atoms with Crippen molar-refractivity contribution in [3.63, 3.8) is 0 Å². The van der Waals surface area contributed by atoms with Gasteiger partial charge >= 0.3 is 0 Å². The lowest BCUT2D eigenvalue weighted by Crippen LogP contribution is -2.51. The molecule has 13 heavy (non-hydrogen) atoms. The van der Waals surface area contributed by atoms with Gasteiger partial charge in [0.2, 0.25) is 0 Å². The van der Waals surface area contributed by atoms with E-state index in [0.29, 0.717) is 18.2 Å². The van der Waals surface area contributed by atoms with Crippen LogP contribution in [0, 0.1) is 0 Å². The SMILES string of the molecule is C/C=C/CN1CC(C)OC(C)C1C. The minimum atomic E-state index is 0.356. The molecule has 0 aliphatic carbocycles. The maximum absolute atomic E-state index is 5.74. The lowest BCUT2D eigenvalue weighted by atomic mass is 10.1. The first-order chi connectivity index (χ1) is 6.15. The smallest absolute Gasteiger partial charge is 0.0703 e. The van der Waals surface area contributed by atoms with Crippen molar-refractivity contribution in [2.45, 2.75) is 45.9 Å². The molecule has 76 valence electrons. The number of hydrogen-bond donors (Lipinski definition) is 0. The van der Waals surface area contributed by atoms with Crippen LogP contribution in [-0.2, 0) is 4.74 Å². The number of ether oxygens (including phenoxy) is 1. The molecule has 1 rings (SSSR count). The van der Waals surface area contributed by atoms with E-state index < -0.39 is 0 Å². The number of nitrogens with zero attached hydrogens (tertiary/aromatic N) is 1. The van der Waals surface area contributed by atoms with E-state index in [4.69, 9.17) is 4.74 Å². The monoisotopic (exact) mass is 183 g/mol. The van der Waals surface area contributed by atoms with E-state index in [0.717, 1.165) is 13.1 Å². The summed E-state index contributed by atoms with van der Waals surface area (Å²) >= 11 is 0. The average Bonchev–Trinajstić information content (AvgIpc) is 2.09. The van der Waals surface area contributed by atoms with Crippen molar-refractivity contribution in [3.05, 3.63) is 12.2 Å². The fraction of sp³-hybridized carbons (Fsp3) is 0.818. The zero-order chi connectivity index (χ0) is 9.84. The molecular formula is C11H21NO. The summed E-state index contributed by atoms with van der Waals surface area (Å²) in [7, 11) is 0. The Morgan fingerprint density at radius 3 is 2.69 bits per heavy atom. The summed E-state index contributed by atoms with van der Waals surface area (Å²) in [4.78, 5) is 2.47. The summed E-state index contributed by atoms with van der Waals surface area (Å²) in [6.45, 7) is 10.7. The third-order valence-electron chi connectivity index (χ3n) is 2.77. The third kappa shape index (κ3) is 2.82. The maximum Gasteiger partial charge on any atom is 0.0703 e. The van der Waals surface area contributed by atoms with E-state index in [-0.39, 0.29) is 0 Å². The molecule has 0 aromatic carbocycles. The van der Waals surface area contributed by atoms with Crippen LogP contribution in [0.2, 0.25) is 0 Å². The predicted molar refractivity (Wildman–Crippen MR) is 55.9 cm³/mol. The molecule has 1 aliphatic rings. The zero-order valence-electron chi connectivity index (χ0n) is 9.16. The van der Waals surface area contributed by atoms with Crippen LogP contribution in [0.1, 0.15) is 27.7 Å². The summed E-state index contributed by atoms with van der Waals surface area (Å²) in [5, 5.41) is 0. The molecule has 3 unspecified atom stereocenters. The van der Waals surface area contributed by atoms with Crippen molar-refractivity contribution < 1.29 is 4.74 Å². The van der Waals surface area contributed by atoms with Crippen molar-refractivity contribution in [2.75, 3.05) is 13.1 Å². The van der Waals surface area contributed by atoms with Gasteiger partial charge in [-0.15, -0.1) is 0 Å². The summed E-state index contributed by atoms with van der Waals surface area (Å²) in [6, 6.07) is 0.535. The van der Waals surface area contributed by atoms with Crippen LogP contribution in [0.15, 0.2) is 12.2 Å². The van der Waals surface area contributed by atoms with Gasteiger partial charge in [0.1, 0.15) is 0 Å². The van der Waals surface area contributed by atoms with Crippen molar-refractivity contribution in [3.8, 4) is 0 Å². The van der Waals surface area contributed by atoms with Crippen LogP contribution in [0.4, 0.5) is 0 Å². The molecule has 0 spiro atoms. The Kier molecular flexibility index (Phi) is 3.94. The van der Waals surface area contributed by atoms with E-state index in [1.165, 1.54) is 0 Å². The zero-order valence-corrected chi connectivity index (χ0v) is 9.16. The van der Waals surface area contributed by atoms with Crippen molar-refractivity contribution in [2.24, 2.45) is 0 Å². The van der Waals surface area contributed by atoms with Gasteiger partial charge in [0, 0.05) is 19.1 Å². The van der Waals surface area contributed by atoms with Gasteiger partial charge in [-0.25, -0.2) is 0 Å². The second-order valence-electron chi connectivity index (χ2n) is 3.92. The third-order valence-corrected chi connectivity index (χ3v) is 2.77. The molecule has 0 N–H and O–H groups in total. The van der Waals surface area contributed by atoms with E-state index in [1.807, 2.05) is 0 Å². The van der Waals surface area contributed by atoms with Gasteiger partial charge in [0.15, 0.2) is 0 Å². The number of morpholine rings is 1. The van der Waals surface area contributed by atoms with Crippen molar-refractivity contribution in [1.82, 2.24) is 4.90 Å². The van der Waals surface area contributed by atoms with Crippen LogP contribution in [0.3, 0.4) is 0 Å². The second kappa shape index (κ2) is 4.77. The van der Waals surface area contributed by atoms with Gasteiger partial charge in [-0.05, 0) is 27.7 Å². The Bertz CT molecular complexity index is 179. The largest absolute Gasteiger partial charge is 0.373 e. The highest BCUT2D eigenvalue weighted by Crippen LogP contribution is 2.17. The van der Waals surface area contributed by atoms with Crippen LogP contribution in [0.5, 0.6) is 0 Å². The molecule has 0 aromatic heterocycles.